The monoisotopic (exact) mass is 300 g/mol. The predicted molar refractivity (Wildman–Crippen MR) is 87.8 cm³/mol. The highest BCUT2D eigenvalue weighted by Crippen LogP contribution is 2.32. The van der Waals surface area contributed by atoms with Crippen LogP contribution in [-0.2, 0) is 12.8 Å². The molecule has 2 aromatic rings. The Labute approximate surface area is 129 Å². The number of fused-ring (bicyclic) bond motifs is 1. The van der Waals surface area contributed by atoms with E-state index in [1.54, 1.807) is 16.3 Å². The lowest BCUT2D eigenvalue weighted by Gasteiger charge is -2.19. The predicted octanol–water partition coefficient (Wildman–Crippen LogP) is 3.65. The van der Waals surface area contributed by atoms with Crippen LogP contribution in [0.5, 0.6) is 0 Å². The summed E-state index contributed by atoms with van der Waals surface area (Å²) in [5.74, 6) is 0.711. The van der Waals surface area contributed by atoms with E-state index in [9.17, 15) is 4.79 Å². The van der Waals surface area contributed by atoms with E-state index >= 15 is 0 Å². The number of hydrogen-bond donors (Lipinski definition) is 1. The summed E-state index contributed by atoms with van der Waals surface area (Å²) >= 11 is 1.64. The molecule has 4 heteroatoms. The summed E-state index contributed by atoms with van der Waals surface area (Å²) in [6.07, 6.45) is 3.45. The van der Waals surface area contributed by atoms with Crippen molar-refractivity contribution in [1.29, 1.82) is 0 Å². The lowest BCUT2D eigenvalue weighted by Crippen LogP contribution is -2.38. The maximum atomic E-state index is 12.4. The highest BCUT2D eigenvalue weighted by molar-refractivity contribution is 7.14. The number of nitrogens with zero attached hydrogens (tertiary/aromatic N) is 1. The molecular formula is C17H20N2OS. The Hall–Kier alpha value is -1.81. The number of hydrazine groups is 1. The summed E-state index contributed by atoms with van der Waals surface area (Å²) in [4.78, 5) is 14.6. The van der Waals surface area contributed by atoms with E-state index in [2.05, 4.69) is 18.4 Å². The van der Waals surface area contributed by atoms with Crippen LogP contribution in [0.3, 0.4) is 0 Å². The Kier molecular flexibility index (Phi) is 3.97. The Morgan fingerprint density at radius 3 is 2.86 bits per heavy atom. The van der Waals surface area contributed by atoms with E-state index in [0.29, 0.717) is 0 Å². The quantitative estimate of drug-likeness (QED) is 0.878. The van der Waals surface area contributed by atoms with Crippen molar-refractivity contribution in [3.8, 4) is 0 Å². The molecule has 3 rings (SSSR count). The molecule has 0 aliphatic heterocycles. The zero-order valence-electron chi connectivity index (χ0n) is 12.4. The second kappa shape index (κ2) is 5.90. The molecule has 0 saturated carbocycles. The van der Waals surface area contributed by atoms with Crippen LogP contribution in [0.2, 0.25) is 0 Å². The number of aryl methyl sites for hydroxylation is 1. The van der Waals surface area contributed by atoms with Crippen LogP contribution in [0.1, 0.15) is 33.5 Å². The van der Waals surface area contributed by atoms with E-state index < -0.39 is 0 Å². The van der Waals surface area contributed by atoms with E-state index in [0.717, 1.165) is 29.3 Å². The normalized spacial score (nSPS) is 17.1. The number of thiophene rings is 1. The lowest BCUT2D eigenvalue weighted by molar-refractivity contribution is 0.0955. The minimum atomic E-state index is -0.0200. The summed E-state index contributed by atoms with van der Waals surface area (Å²) < 4.78 is 0. The third-order valence-corrected chi connectivity index (χ3v) is 5.20. The summed E-state index contributed by atoms with van der Waals surface area (Å²) in [6.45, 7) is 2.28. The van der Waals surface area contributed by atoms with Crippen molar-refractivity contribution in [2.45, 2.75) is 26.2 Å². The van der Waals surface area contributed by atoms with Crippen LogP contribution in [-0.4, -0.2) is 13.0 Å². The molecule has 1 aliphatic carbocycles. The number of carbonyl (C=O) groups excluding carboxylic acids is 1. The zero-order chi connectivity index (χ0) is 14.8. The van der Waals surface area contributed by atoms with Crippen LogP contribution in [0.15, 0.2) is 36.4 Å². The van der Waals surface area contributed by atoms with Crippen molar-refractivity contribution in [1.82, 2.24) is 5.43 Å². The van der Waals surface area contributed by atoms with Crippen molar-refractivity contribution in [2.24, 2.45) is 5.92 Å². The minimum absolute atomic E-state index is 0.0200. The van der Waals surface area contributed by atoms with Gasteiger partial charge in [0.25, 0.3) is 5.91 Å². The van der Waals surface area contributed by atoms with Crippen LogP contribution in [0.4, 0.5) is 5.69 Å². The molecule has 3 nitrogen and oxygen atoms in total. The highest BCUT2D eigenvalue weighted by atomic mass is 32.1. The lowest BCUT2D eigenvalue weighted by atomic mass is 9.90. The molecule has 0 unspecified atom stereocenters. The first kappa shape index (κ1) is 14.1. The molecule has 1 heterocycles. The summed E-state index contributed by atoms with van der Waals surface area (Å²) in [5, 5.41) is 1.77. The first-order valence-electron chi connectivity index (χ1n) is 7.35. The van der Waals surface area contributed by atoms with E-state index in [4.69, 9.17) is 0 Å². The SMILES string of the molecule is C[C@@H]1CCc2sc(C(=O)NN(C)c3ccccc3)cc2C1. The number of nitrogens with one attached hydrogen (secondary N) is 1. The van der Waals surface area contributed by atoms with Crippen LogP contribution < -0.4 is 10.4 Å². The Bertz CT molecular complexity index is 635. The molecule has 110 valence electrons. The van der Waals surface area contributed by atoms with Gasteiger partial charge < -0.3 is 0 Å². The standard InChI is InChI=1S/C17H20N2OS/c1-12-8-9-15-13(10-12)11-16(21-15)17(20)18-19(2)14-6-4-3-5-7-14/h3-7,11-12H,8-10H2,1-2H3,(H,18,20)/t12-/m1/s1. The van der Waals surface area contributed by atoms with Crippen molar-refractivity contribution in [3.05, 3.63) is 51.7 Å². The molecule has 1 aliphatic rings. The maximum Gasteiger partial charge on any atom is 0.279 e. The second-order valence-electron chi connectivity index (χ2n) is 5.74. The molecule has 1 aromatic heterocycles. The van der Waals surface area contributed by atoms with Crippen LogP contribution in [0, 0.1) is 5.92 Å². The second-order valence-corrected chi connectivity index (χ2v) is 6.88. The first-order chi connectivity index (χ1) is 10.1. The Morgan fingerprint density at radius 1 is 1.33 bits per heavy atom. The number of rotatable bonds is 3. The molecule has 0 saturated heterocycles. The van der Waals surface area contributed by atoms with E-state index in [1.165, 1.54) is 16.9 Å². The van der Waals surface area contributed by atoms with Gasteiger partial charge in [-0.2, -0.15) is 0 Å². The molecule has 21 heavy (non-hydrogen) atoms. The molecule has 1 amide bonds. The van der Waals surface area contributed by atoms with Crippen molar-refractivity contribution in [3.63, 3.8) is 0 Å². The van der Waals surface area contributed by atoms with Gasteiger partial charge in [-0.3, -0.25) is 15.2 Å². The first-order valence-corrected chi connectivity index (χ1v) is 8.16. The molecule has 1 atom stereocenters. The average Bonchev–Trinajstić information content (AvgIpc) is 2.91. The van der Waals surface area contributed by atoms with Gasteiger partial charge in [-0.25, -0.2) is 0 Å². The number of benzene rings is 1. The van der Waals surface area contributed by atoms with Gasteiger partial charge in [0.05, 0.1) is 10.6 Å². The third kappa shape index (κ3) is 3.10. The van der Waals surface area contributed by atoms with Crippen molar-refractivity contribution >= 4 is 22.9 Å². The number of hydrogen-bond acceptors (Lipinski definition) is 3. The van der Waals surface area contributed by atoms with E-state index in [-0.39, 0.29) is 5.91 Å². The molecule has 0 bridgehead atoms. The third-order valence-electron chi connectivity index (χ3n) is 3.97. The smallest absolute Gasteiger partial charge is 0.279 e. The molecule has 0 radical (unpaired) electrons. The van der Waals surface area contributed by atoms with Crippen molar-refractivity contribution < 1.29 is 4.79 Å². The van der Waals surface area contributed by atoms with Gasteiger partial charge in [-0.15, -0.1) is 11.3 Å². The molecule has 0 spiro atoms. The summed E-state index contributed by atoms with van der Waals surface area (Å²) in [6, 6.07) is 11.9. The van der Waals surface area contributed by atoms with Gasteiger partial charge in [-0.1, -0.05) is 25.1 Å². The molecule has 0 fully saturated rings. The van der Waals surface area contributed by atoms with Gasteiger partial charge in [0.2, 0.25) is 0 Å². The van der Waals surface area contributed by atoms with Gasteiger partial charge >= 0.3 is 0 Å². The number of anilines is 1. The van der Waals surface area contributed by atoms with Gasteiger partial charge in [0.15, 0.2) is 0 Å². The fourth-order valence-electron chi connectivity index (χ4n) is 2.74. The number of carbonyl (C=O) groups is 1. The highest BCUT2D eigenvalue weighted by Gasteiger charge is 2.21. The minimum Gasteiger partial charge on any atom is -0.288 e. The summed E-state index contributed by atoms with van der Waals surface area (Å²) in [5.41, 5.74) is 5.28. The van der Waals surface area contributed by atoms with Gasteiger partial charge in [0, 0.05) is 11.9 Å². The zero-order valence-corrected chi connectivity index (χ0v) is 13.2. The number of para-hydroxylation sites is 1. The molecule has 1 N–H and O–H groups in total. The summed E-state index contributed by atoms with van der Waals surface area (Å²) in [7, 11) is 1.86. The maximum absolute atomic E-state index is 12.4. The topological polar surface area (TPSA) is 32.3 Å². The van der Waals surface area contributed by atoms with Gasteiger partial charge in [0.1, 0.15) is 0 Å². The average molecular weight is 300 g/mol. The molecule has 1 aromatic carbocycles. The largest absolute Gasteiger partial charge is 0.288 e. The van der Waals surface area contributed by atoms with Gasteiger partial charge in [-0.05, 0) is 48.9 Å². The van der Waals surface area contributed by atoms with E-state index in [1.807, 2.05) is 37.4 Å². The van der Waals surface area contributed by atoms with Crippen LogP contribution in [0.25, 0.3) is 0 Å². The number of amides is 1. The fourth-order valence-corrected chi connectivity index (χ4v) is 3.84. The molecular weight excluding hydrogens is 280 g/mol. The Morgan fingerprint density at radius 2 is 2.10 bits per heavy atom. The van der Waals surface area contributed by atoms with Crippen LogP contribution >= 0.6 is 11.3 Å². The van der Waals surface area contributed by atoms with Crippen molar-refractivity contribution in [2.75, 3.05) is 12.1 Å². The Balaban J connectivity index is 1.71. The fraction of sp³-hybridized carbons (Fsp3) is 0.353.